The van der Waals surface area contributed by atoms with Crippen molar-refractivity contribution in [3.8, 4) is 28.7 Å². The summed E-state index contributed by atoms with van der Waals surface area (Å²) in [5, 5.41) is 6.92. The Bertz CT molecular complexity index is 2300. The van der Waals surface area contributed by atoms with Gasteiger partial charge in [-0.2, -0.15) is 22.9 Å². The Labute approximate surface area is 310 Å². The second-order valence-electron chi connectivity index (χ2n) is 15.9. The fourth-order valence-corrected chi connectivity index (χ4v) is 6.03. The molecule has 3 aromatic heterocycles. The van der Waals surface area contributed by atoms with Crippen LogP contribution in [-0.2, 0) is 37.3 Å². The Morgan fingerprint density at radius 1 is 0.660 bits per heavy atom. The second-order valence-corrected chi connectivity index (χ2v) is 15.9. The van der Waals surface area contributed by atoms with E-state index in [9.17, 15) is 0 Å². The molecule has 3 heterocycles. The van der Waals surface area contributed by atoms with Crippen LogP contribution in [0, 0.1) is 18.5 Å². The van der Waals surface area contributed by atoms with Crippen LogP contribution in [0.1, 0.15) is 79.0 Å². The normalized spacial score (nSPS) is 12.3. The molecule has 4 aromatic carbocycles. The van der Waals surface area contributed by atoms with Crippen LogP contribution < -0.4 is 9.42 Å². The molecule has 7 heteroatoms. The summed E-state index contributed by atoms with van der Waals surface area (Å²) in [5.41, 5.74) is 7.46. The molecule has 0 N–H and O–H groups in total. The monoisotopic (exact) mass is 840 g/mol. The van der Waals surface area contributed by atoms with E-state index in [2.05, 4.69) is 151 Å². The fraction of sp³-hybridized carbons (Fsp3) is 0.279. The second kappa shape index (κ2) is 13.0. The van der Waals surface area contributed by atoms with Crippen LogP contribution in [-0.4, -0.2) is 19.2 Å². The summed E-state index contributed by atoms with van der Waals surface area (Å²) in [4.78, 5) is 4.79. The predicted octanol–water partition coefficient (Wildman–Crippen LogP) is 9.72. The minimum Gasteiger partial charge on any atom is -0.510 e. The SMILES string of the molecule is CC(C)(C)c1cc(-[n+]2[c-]n(-c3[c-]c(Oc4[c-]c5c(cc4)c4ccccc4n5-c4cc(C(C)(C)C)ccn4)ccc3)cn2)cc(C(C)(C)C)c1.[Pt]. The van der Waals surface area contributed by atoms with Crippen LogP contribution in [0.2, 0.25) is 0 Å². The topological polar surface area (TPSA) is 48.8 Å². The zero-order chi connectivity index (χ0) is 34.7. The van der Waals surface area contributed by atoms with E-state index in [0.29, 0.717) is 11.5 Å². The van der Waals surface area contributed by atoms with Gasteiger partial charge in [-0.3, -0.25) is 0 Å². The van der Waals surface area contributed by atoms with Gasteiger partial charge < -0.3 is 13.9 Å². The largest absolute Gasteiger partial charge is 0.510 e. The smallest absolute Gasteiger partial charge is 0.271 e. The van der Waals surface area contributed by atoms with E-state index in [-0.39, 0.29) is 37.3 Å². The fourth-order valence-electron chi connectivity index (χ4n) is 6.03. The first-order valence-electron chi connectivity index (χ1n) is 16.8. The molecule has 0 atom stereocenters. The van der Waals surface area contributed by atoms with Crippen LogP contribution in [0.3, 0.4) is 0 Å². The van der Waals surface area contributed by atoms with Gasteiger partial charge in [0.2, 0.25) is 0 Å². The summed E-state index contributed by atoms with van der Waals surface area (Å²) >= 11 is 0. The van der Waals surface area contributed by atoms with Crippen molar-refractivity contribution in [1.29, 1.82) is 0 Å². The maximum Gasteiger partial charge on any atom is 0.271 e. The van der Waals surface area contributed by atoms with Gasteiger partial charge in [-0.15, -0.1) is 34.8 Å². The molecule has 7 aromatic rings. The van der Waals surface area contributed by atoms with Crippen LogP contribution in [0.5, 0.6) is 11.5 Å². The molecular weight excluding hydrogens is 798 g/mol. The zero-order valence-corrected chi connectivity index (χ0v) is 32.5. The van der Waals surface area contributed by atoms with Gasteiger partial charge in [0.05, 0.1) is 5.69 Å². The van der Waals surface area contributed by atoms with E-state index < -0.39 is 0 Å². The van der Waals surface area contributed by atoms with Gasteiger partial charge in [-0.1, -0.05) is 110 Å². The average Bonchev–Trinajstić information content (AvgIpc) is 3.67. The first-order chi connectivity index (χ1) is 23.1. The number of ether oxygens (including phenoxy) is 1. The van der Waals surface area contributed by atoms with Crippen molar-refractivity contribution in [3.63, 3.8) is 0 Å². The van der Waals surface area contributed by atoms with Crippen LogP contribution in [0.25, 0.3) is 39.0 Å². The van der Waals surface area contributed by atoms with E-state index in [1.165, 1.54) is 16.7 Å². The van der Waals surface area contributed by atoms with Gasteiger partial charge >= 0.3 is 0 Å². The molecule has 7 rings (SSSR count). The molecule has 0 amide bonds. The van der Waals surface area contributed by atoms with Gasteiger partial charge in [0.1, 0.15) is 12.1 Å². The Kier molecular flexibility index (Phi) is 9.15. The van der Waals surface area contributed by atoms with Crippen molar-refractivity contribution in [2.24, 2.45) is 0 Å². The third kappa shape index (κ3) is 6.91. The summed E-state index contributed by atoms with van der Waals surface area (Å²) in [6, 6.07) is 36.2. The van der Waals surface area contributed by atoms with Gasteiger partial charge in [-0.25, -0.2) is 4.98 Å². The average molecular weight is 841 g/mol. The summed E-state index contributed by atoms with van der Waals surface area (Å²) < 4.78 is 12.2. The third-order valence-corrected chi connectivity index (χ3v) is 9.01. The standard InChI is InChI=1S/C43H43N5O.Pt/c1-41(2,3)29-19-20-44-40(24-29)48-38-16-11-10-15-36(38)37-18-17-35(26-39(37)48)49-34-14-12-13-32(25-34)46-27-45-47(28-46)33-22-30(42(4,5)6)21-31(23-33)43(7,8)9;/h10-24,27H,1-9H3;/q-2;. The summed E-state index contributed by atoms with van der Waals surface area (Å²) in [7, 11) is 0. The molecule has 0 aliphatic rings. The number of rotatable bonds is 5. The molecule has 50 heavy (non-hydrogen) atoms. The molecule has 0 aliphatic heterocycles. The summed E-state index contributed by atoms with van der Waals surface area (Å²) in [6.45, 7) is 20.1. The predicted molar refractivity (Wildman–Crippen MR) is 196 cm³/mol. The van der Waals surface area contributed by atoms with E-state index in [4.69, 9.17) is 9.72 Å². The van der Waals surface area contributed by atoms with Crippen molar-refractivity contribution < 1.29 is 30.5 Å². The molecule has 0 spiro atoms. The van der Waals surface area contributed by atoms with Gasteiger partial charge in [0.25, 0.3) is 6.33 Å². The first kappa shape index (κ1) is 35.3. The Morgan fingerprint density at radius 3 is 2.04 bits per heavy atom. The molecule has 6 nitrogen and oxygen atoms in total. The number of pyridine rings is 1. The van der Waals surface area contributed by atoms with Crippen LogP contribution >= 0.6 is 0 Å². The molecule has 0 radical (unpaired) electrons. The van der Waals surface area contributed by atoms with Gasteiger partial charge in [-0.05, 0) is 56.5 Å². The number of nitrogens with zero attached hydrogens (tertiary/aromatic N) is 5. The third-order valence-electron chi connectivity index (χ3n) is 9.01. The summed E-state index contributed by atoms with van der Waals surface area (Å²) in [6.07, 6.45) is 7.03. The molecule has 0 unspecified atom stereocenters. The van der Waals surface area contributed by atoms with Crippen LogP contribution in [0.4, 0.5) is 0 Å². The molecular formula is C43H43N5OPt-2. The van der Waals surface area contributed by atoms with Crippen molar-refractivity contribution in [3.05, 3.63) is 133 Å². The molecule has 0 saturated heterocycles. The number of hydrogen-bond donors (Lipinski definition) is 0. The minimum atomic E-state index is -0.00689. The van der Waals surface area contributed by atoms with Crippen molar-refractivity contribution in [2.75, 3.05) is 0 Å². The summed E-state index contributed by atoms with van der Waals surface area (Å²) in [5.74, 6) is 2.02. The first-order valence-corrected chi connectivity index (χ1v) is 16.8. The number of fused-ring (bicyclic) bond motifs is 3. The number of para-hydroxylation sites is 1. The maximum atomic E-state index is 6.41. The Morgan fingerprint density at radius 2 is 1.34 bits per heavy atom. The Hall–Kier alpha value is -4.54. The Balaban J connectivity index is 0.00000432. The van der Waals surface area contributed by atoms with E-state index in [0.717, 1.165) is 39.0 Å². The molecule has 0 aliphatic carbocycles. The zero-order valence-electron chi connectivity index (χ0n) is 30.2. The van der Waals surface area contributed by atoms with Crippen LogP contribution in [0.15, 0.2) is 97.5 Å². The minimum absolute atomic E-state index is 0. The van der Waals surface area contributed by atoms with E-state index in [1.54, 1.807) is 11.0 Å². The van der Waals surface area contributed by atoms with Gasteiger partial charge in [0, 0.05) is 44.3 Å². The van der Waals surface area contributed by atoms with E-state index in [1.807, 2.05) is 35.0 Å². The molecule has 0 fully saturated rings. The maximum absolute atomic E-state index is 6.41. The number of benzene rings is 4. The molecule has 0 saturated carbocycles. The molecule has 0 bridgehead atoms. The van der Waals surface area contributed by atoms with Crippen molar-refractivity contribution in [1.82, 2.24) is 19.2 Å². The van der Waals surface area contributed by atoms with Crippen molar-refractivity contribution in [2.45, 2.75) is 78.6 Å². The quantitative estimate of drug-likeness (QED) is 0.128. The van der Waals surface area contributed by atoms with Gasteiger partial charge in [0.15, 0.2) is 0 Å². The number of hydrogen-bond acceptors (Lipinski definition) is 3. The number of aromatic nitrogens is 5. The molecule has 258 valence electrons. The van der Waals surface area contributed by atoms with E-state index >= 15 is 0 Å². The van der Waals surface area contributed by atoms with Crippen molar-refractivity contribution >= 4 is 21.8 Å².